The third-order valence-electron chi connectivity index (χ3n) is 2.13. The molecule has 1 fully saturated rings. The van der Waals surface area contributed by atoms with Crippen molar-refractivity contribution in [2.24, 2.45) is 11.8 Å². The van der Waals surface area contributed by atoms with E-state index in [1.165, 1.54) is 0 Å². The zero-order valence-corrected chi connectivity index (χ0v) is 6.17. The number of aliphatic hydroxyl groups excluding tert-OH is 1. The Kier molecular flexibility index (Phi) is 2.09. The van der Waals surface area contributed by atoms with E-state index in [0.29, 0.717) is 0 Å². The van der Waals surface area contributed by atoms with Crippen molar-refractivity contribution in [1.82, 2.24) is 4.90 Å². The molecule has 0 bridgehead atoms. The van der Waals surface area contributed by atoms with Gasteiger partial charge in [-0.05, 0) is 11.8 Å². The monoisotopic (exact) mass is 129 g/mol. The van der Waals surface area contributed by atoms with Crippen molar-refractivity contribution in [3.05, 3.63) is 0 Å². The Morgan fingerprint density at radius 3 is 2.44 bits per heavy atom. The summed E-state index contributed by atoms with van der Waals surface area (Å²) < 4.78 is 0. The van der Waals surface area contributed by atoms with Crippen LogP contribution >= 0.6 is 0 Å². The first-order chi connectivity index (χ1) is 4.24. The van der Waals surface area contributed by atoms with Gasteiger partial charge in [-0.1, -0.05) is 13.8 Å². The lowest BCUT2D eigenvalue weighted by Gasteiger charge is -2.40. The van der Waals surface area contributed by atoms with E-state index in [9.17, 15) is 0 Å². The second-order valence-electron chi connectivity index (χ2n) is 3.18. The van der Waals surface area contributed by atoms with Crippen LogP contribution in [0.2, 0.25) is 0 Å². The van der Waals surface area contributed by atoms with E-state index >= 15 is 0 Å². The van der Waals surface area contributed by atoms with Gasteiger partial charge < -0.3 is 5.11 Å². The highest BCUT2D eigenvalue weighted by Gasteiger charge is 2.27. The van der Waals surface area contributed by atoms with E-state index in [0.717, 1.165) is 24.9 Å². The summed E-state index contributed by atoms with van der Waals surface area (Å²) in [4.78, 5) is 2.05. The fourth-order valence-electron chi connectivity index (χ4n) is 1.15. The number of hydrogen-bond acceptors (Lipinski definition) is 2. The molecule has 1 aliphatic heterocycles. The third-order valence-corrected chi connectivity index (χ3v) is 2.13. The van der Waals surface area contributed by atoms with Gasteiger partial charge in [-0.3, -0.25) is 4.90 Å². The molecule has 1 saturated heterocycles. The Morgan fingerprint density at radius 2 is 2.11 bits per heavy atom. The minimum absolute atomic E-state index is 0.239. The molecule has 0 radical (unpaired) electrons. The SMILES string of the molecule is CC(C)C1CN(CO)C1. The van der Waals surface area contributed by atoms with Crippen molar-refractivity contribution in [2.45, 2.75) is 13.8 Å². The van der Waals surface area contributed by atoms with E-state index in [1.54, 1.807) is 0 Å². The van der Waals surface area contributed by atoms with Crippen LogP contribution in [-0.4, -0.2) is 29.8 Å². The van der Waals surface area contributed by atoms with Crippen LogP contribution in [0.25, 0.3) is 0 Å². The van der Waals surface area contributed by atoms with Gasteiger partial charge in [0.05, 0.1) is 6.73 Å². The van der Waals surface area contributed by atoms with E-state index in [4.69, 9.17) is 5.11 Å². The highest BCUT2D eigenvalue weighted by molar-refractivity contribution is 4.79. The molecular formula is C7H15NO. The van der Waals surface area contributed by atoms with Crippen LogP contribution in [0.1, 0.15) is 13.8 Å². The molecule has 0 aromatic heterocycles. The van der Waals surface area contributed by atoms with Gasteiger partial charge in [-0.15, -0.1) is 0 Å². The Morgan fingerprint density at radius 1 is 1.56 bits per heavy atom. The smallest absolute Gasteiger partial charge is 0.0956 e. The molecule has 0 amide bonds. The lowest BCUT2D eigenvalue weighted by Crippen LogP contribution is -2.49. The zero-order valence-electron chi connectivity index (χ0n) is 6.17. The second-order valence-corrected chi connectivity index (χ2v) is 3.18. The van der Waals surface area contributed by atoms with Gasteiger partial charge in [0.25, 0.3) is 0 Å². The minimum Gasteiger partial charge on any atom is -0.381 e. The fourth-order valence-corrected chi connectivity index (χ4v) is 1.15. The number of nitrogens with zero attached hydrogens (tertiary/aromatic N) is 1. The average Bonchev–Trinajstić information content (AvgIpc) is 1.61. The first-order valence-corrected chi connectivity index (χ1v) is 3.57. The molecule has 1 aliphatic rings. The van der Waals surface area contributed by atoms with Crippen molar-refractivity contribution in [1.29, 1.82) is 0 Å². The minimum atomic E-state index is 0.239. The summed E-state index contributed by atoms with van der Waals surface area (Å²) in [6.45, 7) is 6.89. The highest BCUT2D eigenvalue weighted by Crippen LogP contribution is 2.21. The molecule has 1 N–H and O–H groups in total. The number of likely N-dealkylation sites (tertiary alicyclic amines) is 1. The van der Waals surface area contributed by atoms with Gasteiger partial charge in [0, 0.05) is 13.1 Å². The standard InChI is InChI=1S/C7H15NO/c1-6(2)7-3-8(4-7)5-9/h6-7,9H,3-5H2,1-2H3. The Labute approximate surface area is 56.5 Å². The summed E-state index contributed by atoms with van der Waals surface area (Å²) in [5, 5.41) is 8.61. The summed E-state index contributed by atoms with van der Waals surface area (Å²) in [6.07, 6.45) is 0. The molecule has 0 unspecified atom stereocenters. The van der Waals surface area contributed by atoms with Crippen LogP contribution < -0.4 is 0 Å². The molecule has 0 aromatic rings. The number of aliphatic hydroxyl groups is 1. The number of rotatable bonds is 2. The van der Waals surface area contributed by atoms with Crippen LogP contribution in [-0.2, 0) is 0 Å². The van der Waals surface area contributed by atoms with Crippen LogP contribution in [0, 0.1) is 11.8 Å². The normalized spacial score (nSPS) is 22.7. The average molecular weight is 129 g/mol. The molecule has 1 rings (SSSR count). The maximum atomic E-state index is 8.61. The summed E-state index contributed by atoms with van der Waals surface area (Å²) in [6, 6.07) is 0. The van der Waals surface area contributed by atoms with E-state index in [-0.39, 0.29) is 6.73 Å². The summed E-state index contributed by atoms with van der Waals surface area (Å²) >= 11 is 0. The van der Waals surface area contributed by atoms with Crippen LogP contribution in [0.3, 0.4) is 0 Å². The van der Waals surface area contributed by atoms with Gasteiger partial charge in [-0.2, -0.15) is 0 Å². The highest BCUT2D eigenvalue weighted by atomic mass is 16.3. The molecule has 0 saturated carbocycles. The van der Waals surface area contributed by atoms with E-state index < -0.39 is 0 Å². The molecule has 2 heteroatoms. The molecule has 0 aliphatic carbocycles. The van der Waals surface area contributed by atoms with Gasteiger partial charge in [0.1, 0.15) is 0 Å². The maximum absolute atomic E-state index is 8.61. The van der Waals surface area contributed by atoms with Gasteiger partial charge >= 0.3 is 0 Å². The lowest BCUT2D eigenvalue weighted by atomic mass is 9.89. The molecule has 2 nitrogen and oxygen atoms in total. The van der Waals surface area contributed by atoms with Crippen LogP contribution in [0.4, 0.5) is 0 Å². The summed E-state index contributed by atoms with van der Waals surface area (Å²) in [7, 11) is 0. The van der Waals surface area contributed by atoms with Crippen LogP contribution in [0.5, 0.6) is 0 Å². The largest absolute Gasteiger partial charge is 0.381 e. The molecule has 54 valence electrons. The lowest BCUT2D eigenvalue weighted by molar-refractivity contribution is -0.00454. The van der Waals surface area contributed by atoms with Crippen molar-refractivity contribution >= 4 is 0 Å². The molecule has 0 atom stereocenters. The first kappa shape index (κ1) is 7.03. The Balaban J connectivity index is 2.12. The van der Waals surface area contributed by atoms with Gasteiger partial charge in [0.2, 0.25) is 0 Å². The summed E-state index contributed by atoms with van der Waals surface area (Å²) in [5.74, 6) is 1.62. The summed E-state index contributed by atoms with van der Waals surface area (Å²) in [5.41, 5.74) is 0. The molecule has 0 spiro atoms. The molecular weight excluding hydrogens is 114 g/mol. The van der Waals surface area contributed by atoms with Crippen LogP contribution in [0.15, 0.2) is 0 Å². The van der Waals surface area contributed by atoms with Crippen molar-refractivity contribution in [3.8, 4) is 0 Å². The topological polar surface area (TPSA) is 23.5 Å². The molecule has 1 heterocycles. The predicted molar refractivity (Wildman–Crippen MR) is 37.0 cm³/mol. The molecule has 0 aromatic carbocycles. The van der Waals surface area contributed by atoms with E-state index in [2.05, 4.69) is 13.8 Å². The van der Waals surface area contributed by atoms with Gasteiger partial charge in [-0.25, -0.2) is 0 Å². The predicted octanol–water partition coefficient (Wildman–Crippen LogP) is 0.524. The Bertz CT molecular complexity index is 86.9. The number of hydrogen-bond donors (Lipinski definition) is 1. The van der Waals surface area contributed by atoms with E-state index in [1.807, 2.05) is 4.90 Å². The quantitative estimate of drug-likeness (QED) is 0.587. The Hall–Kier alpha value is -0.0800. The maximum Gasteiger partial charge on any atom is 0.0956 e. The van der Waals surface area contributed by atoms with Crippen molar-refractivity contribution in [2.75, 3.05) is 19.8 Å². The second kappa shape index (κ2) is 2.67. The fraction of sp³-hybridized carbons (Fsp3) is 1.00. The van der Waals surface area contributed by atoms with Crippen molar-refractivity contribution in [3.63, 3.8) is 0 Å². The zero-order chi connectivity index (χ0) is 6.85. The molecule has 9 heavy (non-hydrogen) atoms. The first-order valence-electron chi connectivity index (χ1n) is 3.57. The van der Waals surface area contributed by atoms with Crippen molar-refractivity contribution < 1.29 is 5.11 Å². The third kappa shape index (κ3) is 1.43. The van der Waals surface area contributed by atoms with Gasteiger partial charge in [0.15, 0.2) is 0 Å².